The van der Waals surface area contributed by atoms with E-state index in [9.17, 15) is 9.59 Å². The number of ketones is 1. The molecule has 0 aliphatic carbocycles. The predicted molar refractivity (Wildman–Crippen MR) is 104 cm³/mol. The van der Waals surface area contributed by atoms with Gasteiger partial charge >= 0.3 is 0 Å². The van der Waals surface area contributed by atoms with Gasteiger partial charge in [-0.3, -0.25) is 9.59 Å². The van der Waals surface area contributed by atoms with Gasteiger partial charge < -0.3 is 4.98 Å². The Morgan fingerprint density at radius 2 is 1.96 bits per heavy atom. The highest BCUT2D eigenvalue weighted by Gasteiger charge is 2.21. The molecule has 0 saturated carbocycles. The van der Waals surface area contributed by atoms with E-state index in [-0.39, 0.29) is 11.3 Å². The number of nitrogens with zero attached hydrogens (tertiary/aromatic N) is 2. The third-order valence-electron chi connectivity index (χ3n) is 4.62. The second-order valence-corrected chi connectivity index (χ2v) is 7.14. The molecule has 26 heavy (non-hydrogen) atoms. The number of carbonyl (C=O) groups excluding carboxylic acids is 1. The van der Waals surface area contributed by atoms with Crippen LogP contribution in [0.5, 0.6) is 0 Å². The molecular formula is C19H22N4O2S. The molecule has 0 aliphatic heterocycles. The van der Waals surface area contributed by atoms with Crippen molar-refractivity contribution in [3.63, 3.8) is 0 Å². The summed E-state index contributed by atoms with van der Waals surface area (Å²) in [5.41, 5.74) is 6.23. The highest BCUT2D eigenvalue weighted by atomic mass is 32.1. The van der Waals surface area contributed by atoms with Crippen molar-refractivity contribution in [1.29, 1.82) is 0 Å². The zero-order valence-corrected chi connectivity index (χ0v) is 16.4. The van der Waals surface area contributed by atoms with Crippen LogP contribution < -0.4 is 5.56 Å². The van der Waals surface area contributed by atoms with E-state index in [1.165, 1.54) is 11.3 Å². The Labute approximate surface area is 155 Å². The van der Waals surface area contributed by atoms with Crippen LogP contribution in [0.2, 0.25) is 0 Å². The molecule has 2 N–H and O–H groups in total. The number of rotatable bonds is 5. The lowest BCUT2D eigenvalue weighted by Crippen LogP contribution is -2.16. The Kier molecular flexibility index (Phi) is 4.91. The zero-order valence-electron chi connectivity index (χ0n) is 15.6. The molecule has 0 atom stereocenters. The number of Topliss-reactive ketones (excluding diaryl/α,β-unsaturated/α-hetero) is 1. The average Bonchev–Trinajstić information content (AvgIpc) is 3.18. The van der Waals surface area contributed by atoms with E-state index in [4.69, 9.17) is 4.98 Å². The van der Waals surface area contributed by atoms with Crippen LogP contribution in [-0.2, 0) is 12.8 Å². The third-order valence-corrected chi connectivity index (χ3v) is 5.48. The predicted octanol–water partition coefficient (Wildman–Crippen LogP) is 3.83. The van der Waals surface area contributed by atoms with Crippen LogP contribution in [0.15, 0.2) is 10.2 Å². The topological polar surface area (TPSA) is 91.5 Å². The Morgan fingerprint density at radius 1 is 1.23 bits per heavy atom. The Balaban J connectivity index is 2.15. The van der Waals surface area contributed by atoms with Gasteiger partial charge in [-0.2, -0.15) is 5.10 Å². The van der Waals surface area contributed by atoms with Gasteiger partial charge in [0.05, 0.1) is 22.6 Å². The van der Waals surface area contributed by atoms with Crippen LogP contribution in [-0.4, -0.2) is 25.9 Å². The first-order valence-corrected chi connectivity index (χ1v) is 9.53. The largest absolute Gasteiger partial charge is 0.356 e. The molecule has 3 aromatic rings. The summed E-state index contributed by atoms with van der Waals surface area (Å²) in [7, 11) is 0. The number of thiazole rings is 1. The van der Waals surface area contributed by atoms with Crippen molar-refractivity contribution in [2.45, 2.75) is 47.5 Å². The van der Waals surface area contributed by atoms with Crippen molar-refractivity contribution >= 4 is 17.1 Å². The fraction of sp³-hybridized carbons (Fsp3) is 0.368. The number of aromatic nitrogens is 4. The molecule has 3 aromatic heterocycles. The summed E-state index contributed by atoms with van der Waals surface area (Å²) in [4.78, 5) is 32.3. The van der Waals surface area contributed by atoms with Crippen molar-refractivity contribution in [3.05, 3.63) is 43.8 Å². The minimum atomic E-state index is -0.219. The van der Waals surface area contributed by atoms with Gasteiger partial charge in [-0.15, -0.1) is 11.3 Å². The number of aromatic amines is 2. The first-order valence-electron chi connectivity index (χ1n) is 8.65. The second-order valence-electron chi connectivity index (χ2n) is 6.28. The maximum atomic E-state index is 12.4. The number of carbonyl (C=O) groups is 1. The summed E-state index contributed by atoms with van der Waals surface area (Å²) in [6, 6.07) is 0. The lowest BCUT2D eigenvalue weighted by Gasteiger charge is -2.08. The minimum Gasteiger partial charge on any atom is -0.356 e. The zero-order chi connectivity index (χ0) is 19.0. The maximum absolute atomic E-state index is 12.4. The first kappa shape index (κ1) is 18.3. The van der Waals surface area contributed by atoms with E-state index in [1.807, 2.05) is 33.1 Å². The molecule has 0 amide bonds. The summed E-state index contributed by atoms with van der Waals surface area (Å²) in [5.74, 6) is 0.0318. The van der Waals surface area contributed by atoms with E-state index in [0.717, 1.165) is 46.7 Å². The summed E-state index contributed by atoms with van der Waals surface area (Å²) in [6.07, 6.45) is 1.47. The van der Waals surface area contributed by atoms with Crippen molar-refractivity contribution < 1.29 is 4.79 Å². The van der Waals surface area contributed by atoms with E-state index in [0.29, 0.717) is 16.1 Å². The highest BCUT2D eigenvalue weighted by Crippen LogP contribution is 2.32. The van der Waals surface area contributed by atoms with E-state index in [2.05, 4.69) is 15.2 Å². The molecule has 0 spiro atoms. The number of hydrogen-bond acceptors (Lipinski definition) is 5. The molecule has 0 radical (unpaired) electrons. The molecule has 3 heterocycles. The van der Waals surface area contributed by atoms with E-state index in [1.54, 1.807) is 6.92 Å². The normalized spacial score (nSPS) is 11.1. The summed E-state index contributed by atoms with van der Waals surface area (Å²) < 4.78 is 0. The molecule has 0 aliphatic rings. The number of hydrogen-bond donors (Lipinski definition) is 2. The fourth-order valence-electron chi connectivity index (χ4n) is 3.46. The highest BCUT2D eigenvalue weighted by molar-refractivity contribution is 7.13. The van der Waals surface area contributed by atoms with Crippen LogP contribution in [0, 0.1) is 13.8 Å². The van der Waals surface area contributed by atoms with Crippen LogP contribution in [0.4, 0.5) is 0 Å². The van der Waals surface area contributed by atoms with Crippen molar-refractivity contribution in [3.8, 4) is 22.0 Å². The third kappa shape index (κ3) is 2.92. The minimum absolute atomic E-state index is 0.0318. The lowest BCUT2D eigenvalue weighted by atomic mass is 10.0. The number of nitrogens with one attached hydrogen (secondary N) is 2. The van der Waals surface area contributed by atoms with Crippen molar-refractivity contribution in [2.24, 2.45) is 0 Å². The summed E-state index contributed by atoms with van der Waals surface area (Å²) in [6.45, 7) is 9.41. The van der Waals surface area contributed by atoms with Gasteiger partial charge in [0, 0.05) is 16.6 Å². The van der Waals surface area contributed by atoms with Gasteiger partial charge in [0.1, 0.15) is 5.01 Å². The summed E-state index contributed by atoms with van der Waals surface area (Å²) in [5, 5.41) is 9.34. The van der Waals surface area contributed by atoms with Crippen LogP contribution in [0.1, 0.15) is 53.6 Å². The number of aryl methyl sites for hydroxylation is 2. The standard InChI is InChI=1S/C19H22N4O2S/c1-6-12-13(7-2)22-23-18(25)16(12)19-21-14(8-26-19)17-9(3)15(11(5)24)10(4)20-17/h8,20H,6-7H2,1-5H3,(H,23,25). The average molecular weight is 370 g/mol. The summed E-state index contributed by atoms with van der Waals surface area (Å²) >= 11 is 1.43. The Bertz CT molecular complexity index is 1040. The molecular weight excluding hydrogens is 348 g/mol. The van der Waals surface area contributed by atoms with Gasteiger partial charge in [-0.05, 0) is 44.7 Å². The van der Waals surface area contributed by atoms with Gasteiger partial charge in [0.15, 0.2) is 5.78 Å². The SMILES string of the molecule is CCc1n[nH]c(=O)c(-c2nc(-c3[nH]c(C)c(C(C)=O)c3C)cs2)c1CC. The smallest absolute Gasteiger partial charge is 0.274 e. The van der Waals surface area contributed by atoms with Crippen molar-refractivity contribution in [1.82, 2.24) is 20.2 Å². The molecule has 0 unspecified atom stereocenters. The molecule has 0 saturated heterocycles. The number of H-pyrrole nitrogens is 2. The van der Waals surface area contributed by atoms with Gasteiger partial charge in [-0.25, -0.2) is 10.1 Å². The van der Waals surface area contributed by atoms with Gasteiger partial charge in [0.2, 0.25) is 0 Å². The Morgan fingerprint density at radius 3 is 2.54 bits per heavy atom. The van der Waals surface area contributed by atoms with Crippen LogP contribution in [0.25, 0.3) is 22.0 Å². The molecule has 6 nitrogen and oxygen atoms in total. The molecule has 0 fully saturated rings. The van der Waals surface area contributed by atoms with Crippen LogP contribution in [0.3, 0.4) is 0 Å². The Hall–Kier alpha value is -2.54. The fourth-order valence-corrected chi connectivity index (χ4v) is 4.34. The van der Waals surface area contributed by atoms with Crippen molar-refractivity contribution in [2.75, 3.05) is 0 Å². The molecule has 0 aromatic carbocycles. The quantitative estimate of drug-likeness (QED) is 0.668. The second kappa shape index (κ2) is 6.99. The molecule has 0 bridgehead atoms. The monoisotopic (exact) mass is 370 g/mol. The maximum Gasteiger partial charge on any atom is 0.274 e. The van der Waals surface area contributed by atoms with E-state index < -0.39 is 0 Å². The van der Waals surface area contributed by atoms with Gasteiger partial charge in [0.25, 0.3) is 5.56 Å². The molecule has 3 rings (SSSR count). The van der Waals surface area contributed by atoms with Crippen LogP contribution >= 0.6 is 11.3 Å². The molecule has 7 heteroatoms. The molecule has 136 valence electrons. The first-order chi connectivity index (χ1) is 12.4. The lowest BCUT2D eigenvalue weighted by molar-refractivity contribution is 0.101. The van der Waals surface area contributed by atoms with E-state index >= 15 is 0 Å². The van der Waals surface area contributed by atoms with Gasteiger partial charge in [-0.1, -0.05) is 13.8 Å².